The number of halogens is 1. The molecule has 0 spiro atoms. The van der Waals surface area contributed by atoms with Gasteiger partial charge < -0.3 is 10.4 Å². The van der Waals surface area contributed by atoms with Crippen molar-refractivity contribution in [1.29, 1.82) is 0 Å². The van der Waals surface area contributed by atoms with Crippen LogP contribution in [0.3, 0.4) is 0 Å². The lowest BCUT2D eigenvalue weighted by atomic mass is 10.0. The van der Waals surface area contributed by atoms with E-state index in [1.54, 1.807) is 6.08 Å². The zero-order valence-corrected chi connectivity index (χ0v) is 9.90. The topological polar surface area (TPSA) is 44.6 Å². The number of fused-ring (bicyclic) bond motifs is 2. The van der Waals surface area contributed by atoms with Crippen molar-refractivity contribution in [3.8, 4) is 0 Å². The van der Waals surface area contributed by atoms with E-state index < -0.39 is 0 Å². The van der Waals surface area contributed by atoms with Gasteiger partial charge in [-0.05, 0) is 24.3 Å². The van der Waals surface area contributed by atoms with E-state index in [1.807, 2.05) is 30.4 Å². The minimum atomic E-state index is -0.0290. The van der Waals surface area contributed by atoms with Crippen LogP contribution in [0.5, 0.6) is 0 Å². The average molecular weight is 277 g/mol. The smallest absolute Gasteiger partial charge is 0.139 e. The Bertz CT molecular complexity index is 546. The van der Waals surface area contributed by atoms with Gasteiger partial charge in [0, 0.05) is 4.47 Å². The van der Waals surface area contributed by atoms with E-state index in [0.717, 1.165) is 15.8 Å². The average Bonchev–Trinajstić information content (AvgIpc) is 2.28. The van der Waals surface area contributed by atoms with E-state index in [2.05, 4.69) is 26.2 Å². The molecule has 3 nitrogen and oxygen atoms in total. The number of benzene rings is 1. The minimum absolute atomic E-state index is 0.0290. The van der Waals surface area contributed by atoms with E-state index in [4.69, 9.17) is 0 Å². The number of nitrogens with zero attached hydrogens (tertiary/aromatic N) is 1. The molecule has 1 unspecified atom stereocenters. The number of allylic oxidation sites excluding steroid dienone is 2. The van der Waals surface area contributed by atoms with Crippen LogP contribution in [-0.4, -0.2) is 16.9 Å². The normalized spacial score (nSPS) is 21.4. The van der Waals surface area contributed by atoms with Gasteiger partial charge in [-0.25, -0.2) is 4.99 Å². The summed E-state index contributed by atoms with van der Waals surface area (Å²) in [5.74, 6) is 0.227. The second-order valence-corrected chi connectivity index (χ2v) is 4.63. The van der Waals surface area contributed by atoms with Crippen LogP contribution < -0.4 is 5.32 Å². The van der Waals surface area contributed by atoms with Crippen LogP contribution in [0.2, 0.25) is 0 Å². The van der Waals surface area contributed by atoms with E-state index in [-0.39, 0.29) is 11.8 Å². The SMILES string of the molecule is OC1=CC=CC2Nc3ccc(Br)cc3N=C12. The molecule has 0 amide bonds. The van der Waals surface area contributed by atoms with Crippen LogP contribution in [0.15, 0.2) is 51.7 Å². The fourth-order valence-corrected chi connectivity index (χ4v) is 2.20. The van der Waals surface area contributed by atoms with Crippen molar-refractivity contribution in [3.63, 3.8) is 0 Å². The molecule has 16 heavy (non-hydrogen) atoms. The molecule has 80 valence electrons. The Morgan fingerprint density at radius 3 is 3.12 bits per heavy atom. The molecule has 1 aliphatic carbocycles. The number of nitrogens with one attached hydrogen (secondary N) is 1. The third-order valence-corrected chi connectivity index (χ3v) is 3.12. The van der Waals surface area contributed by atoms with Gasteiger partial charge in [0.15, 0.2) is 0 Å². The van der Waals surface area contributed by atoms with E-state index in [9.17, 15) is 5.11 Å². The lowest BCUT2D eigenvalue weighted by Gasteiger charge is -2.26. The number of hydrogen-bond acceptors (Lipinski definition) is 3. The summed E-state index contributed by atoms with van der Waals surface area (Å²) in [4.78, 5) is 4.46. The predicted octanol–water partition coefficient (Wildman–Crippen LogP) is 3.33. The van der Waals surface area contributed by atoms with E-state index >= 15 is 0 Å². The first-order valence-corrected chi connectivity index (χ1v) is 5.76. The highest BCUT2D eigenvalue weighted by Crippen LogP contribution is 2.34. The van der Waals surface area contributed by atoms with Gasteiger partial charge in [-0.15, -0.1) is 0 Å². The first kappa shape index (κ1) is 9.66. The molecule has 4 heteroatoms. The van der Waals surface area contributed by atoms with Crippen LogP contribution >= 0.6 is 15.9 Å². The molecule has 1 aromatic carbocycles. The Labute approximate surface area is 101 Å². The number of aliphatic imine (C=N–C) groups is 1. The summed E-state index contributed by atoms with van der Waals surface area (Å²) >= 11 is 3.41. The molecule has 1 heterocycles. The molecule has 0 aromatic heterocycles. The maximum absolute atomic E-state index is 9.73. The molecule has 1 aromatic rings. The zero-order chi connectivity index (χ0) is 11.1. The molecule has 0 radical (unpaired) electrons. The molecule has 0 bridgehead atoms. The number of rotatable bonds is 0. The predicted molar refractivity (Wildman–Crippen MR) is 68.5 cm³/mol. The van der Waals surface area contributed by atoms with Crippen LogP contribution in [-0.2, 0) is 0 Å². The third kappa shape index (κ3) is 1.46. The highest BCUT2D eigenvalue weighted by atomic mass is 79.9. The van der Waals surface area contributed by atoms with Gasteiger partial charge in [0.2, 0.25) is 0 Å². The van der Waals surface area contributed by atoms with Crippen LogP contribution in [0.25, 0.3) is 0 Å². The molecule has 0 fully saturated rings. The summed E-state index contributed by atoms with van der Waals surface area (Å²) in [6.45, 7) is 0. The summed E-state index contributed by atoms with van der Waals surface area (Å²) in [5.41, 5.74) is 2.50. The van der Waals surface area contributed by atoms with Crippen LogP contribution in [0.4, 0.5) is 11.4 Å². The third-order valence-electron chi connectivity index (χ3n) is 2.63. The zero-order valence-electron chi connectivity index (χ0n) is 8.31. The Kier molecular flexibility index (Phi) is 2.11. The van der Waals surface area contributed by atoms with E-state index in [0.29, 0.717) is 5.71 Å². The Hall–Kier alpha value is -1.55. The van der Waals surface area contributed by atoms with Gasteiger partial charge in [0.05, 0.1) is 17.4 Å². The molecule has 3 rings (SSSR count). The summed E-state index contributed by atoms with van der Waals surface area (Å²) in [5, 5.41) is 13.0. The van der Waals surface area contributed by atoms with Crippen molar-refractivity contribution < 1.29 is 5.11 Å². The van der Waals surface area contributed by atoms with Gasteiger partial charge in [-0.1, -0.05) is 28.1 Å². The Balaban J connectivity index is 2.14. The second kappa shape index (κ2) is 3.49. The molecule has 1 atom stereocenters. The number of aliphatic hydroxyl groups is 1. The second-order valence-electron chi connectivity index (χ2n) is 3.72. The van der Waals surface area contributed by atoms with Crippen LogP contribution in [0, 0.1) is 0 Å². The van der Waals surface area contributed by atoms with E-state index in [1.165, 1.54) is 0 Å². The molecule has 2 aliphatic rings. The summed E-state index contributed by atoms with van der Waals surface area (Å²) in [7, 11) is 0. The highest BCUT2D eigenvalue weighted by Gasteiger charge is 2.24. The first-order valence-electron chi connectivity index (χ1n) is 4.96. The maximum Gasteiger partial charge on any atom is 0.139 e. The monoisotopic (exact) mass is 276 g/mol. The van der Waals surface area contributed by atoms with Crippen molar-refractivity contribution in [3.05, 3.63) is 46.7 Å². The molecular formula is C12H9BrN2O. The van der Waals surface area contributed by atoms with Gasteiger partial charge >= 0.3 is 0 Å². The fraction of sp³-hybridized carbons (Fsp3) is 0.0833. The van der Waals surface area contributed by atoms with Gasteiger partial charge in [-0.3, -0.25) is 0 Å². The largest absolute Gasteiger partial charge is 0.506 e. The summed E-state index contributed by atoms with van der Waals surface area (Å²) < 4.78 is 0.977. The maximum atomic E-state index is 9.73. The van der Waals surface area contributed by atoms with Crippen molar-refractivity contribution in [2.75, 3.05) is 5.32 Å². The van der Waals surface area contributed by atoms with Crippen molar-refractivity contribution in [1.82, 2.24) is 0 Å². The Morgan fingerprint density at radius 2 is 2.25 bits per heavy atom. The molecule has 1 aliphatic heterocycles. The van der Waals surface area contributed by atoms with Crippen molar-refractivity contribution in [2.45, 2.75) is 6.04 Å². The fourth-order valence-electron chi connectivity index (χ4n) is 1.85. The van der Waals surface area contributed by atoms with Gasteiger partial charge in [0.25, 0.3) is 0 Å². The molecular weight excluding hydrogens is 268 g/mol. The molecule has 0 saturated carbocycles. The van der Waals surface area contributed by atoms with Crippen molar-refractivity contribution >= 4 is 33.0 Å². The van der Waals surface area contributed by atoms with Crippen LogP contribution in [0.1, 0.15) is 0 Å². The van der Waals surface area contributed by atoms with Gasteiger partial charge in [0.1, 0.15) is 11.5 Å². The highest BCUT2D eigenvalue weighted by molar-refractivity contribution is 9.10. The standard InChI is InChI=1S/C12H9BrN2O/c13-7-4-5-8-10(6-7)15-12-9(14-8)2-1-3-11(12)16/h1-6,9,14,16H. The lowest BCUT2D eigenvalue weighted by molar-refractivity contribution is 0.440. The number of anilines is 1. The lowest BCUT2D eigenvalue weighted by Crippen LogP contribution is -2.32. The quantitative estimate of drug-likeness (QED) is 0.764. The number of aliphatic hydroxyl groups excluding tert-OH is 1. The van der Waals surface area contributed by atoms with Crippen molar-refractivity contribution in [2.24, 2.45) is 4.99 Å². The first-order chi connectivity index (χ1) is 7.74. The van der Waals surface area contributed by atoms with Gasteiger partial charge in [-0.2, -0.15) is 0 Å². The Morgan fingerprint density at radius 1 is 1.38 bits per heavy atom. The molecule has 0 saturated heterocycles. The summed E-state index contributed by atoms with van der Waals surface area (Å²) in [6.07, 6.45) is 5.46. The minimum Gasteiger partial charge on any atom is -0.506 e. The number of hydrogen-bond donors (Lipinski definition) is 2. The molecule has 2 N–H and O–H groups in total. The summed E-state index contributed by atoms with van der Waals surface area (Å²) in [6, 6.07) is 5.84.